The van der Waals surface area contributed by atoms with Crippen LogP contribution in [0, 0.1) is 0 Å². The van der Waals surface area contributed by atoms with Crippen molar-refractivity contribution < 1.29 is 49.3 Å². The molecule has 6 N–H and O–H groups in total. The van der Waals surface area contributed by atoms with Gasteiger partial charge in [0.05, 0.1) is 25.4 Å². The first-order valence-electron chi connectivity index (χ1n) is 38.0. The van der Waals surface area contributed by atoms with Crippen molar-refractivity contribution in [1.82, 2.24) is 5.32 Å². The van der Waals surface area contributed by atoms with Gasteiger partial charge in [-0.15, -0.1) is 0 Å². The van der Waals surface area contributed by atoms with E-state index in [9.17, 15) is 35.1 Å². The molecule has 1 heterocycles. The summed E-state index contributed by atoms with van der Waals surface area (Å²) in [5.74, 6) is -1.21. The molecule has 0 aromatic carbocycles. The maximum absolute atomic E-state index is 13.5. The molecule has 0 aromatic heterocycles. The molecular weight excluding hydrogens is 1130 g/mol. The van der Waals surface area contributed by atoms with Crippen molar-refractivity contribution in [2.75, 3.05) is 13.2 Å². The molecule has 0 spiro atoms. The van der Waals surface area contributed by atoms with Gasteiger partial charge in [0.1, 0.15) is 24.4 Å². The number of hydrogen-bond donors (Lipinski definition) is 6. The molecule has 0 radical (unpaired) electrons. The third-order valence-corrected chi connectivity index (χ3v) is 17.5. The molecule has 11 nitrogen and oxygen atoms in total. The first-order chi connectivity index (χ1) is 44.7. The Morgan fingerprint density at radius 2 is 0.791 bits per heavy atom. The Balaban J connectivity index is 2.57. The summed E-state index contributed by atoms with van der Waals surface area (Å²) in [6.07, 6.45) is 80.2. The number of allylic oxidation sites excluding steroid dienone is 15. The van der Waals surface area contributed by atoms with Crippen LogP contribution in [0.25, 0.3) is 0 Å². The van der Waals surface area contributed by atoms with E-state index < -0.39 is 67.4 Å². The van der Waals surface area contributed by atoms with Crippen LogP contribution in [0.4, 0.5) is 0 Å². The Hall–Kier alpha value is -3.42. The van der Waals surface area contributed by atoms with E-state index in [-0.39, 0.29) is 19.4 Å². The van der Waals surface area contributed by atoms with Crippen molar-refractivity contribution in [3.8, 4) is 0 Å². The molecule has 0 aliphatic carbocycles. The second-order valence-corrected chi connectivity index (χ2v) is 26.0. The van der Waals surface area contributed by atoms with E-state index in [0.29, 0.717) is 12.8 Å². The molecule has 1 aliphatic heterocycles. The van der Waals surface area contributed by atoms with Gasteiger partial charge >= 0.3 is 5.97 Å². The third kappa shape index (κ3) is 53.5. The summed E-state index contributed by atoms with van der Waals surface area (Å²) in [6, 6.07) is -1.04. The van der Waals surface area contributed by atoms with E-state index in [4.69, 9.17) is 14.2 Å². The van der Waals surface area contributed by atoms with Crippen molar-refractivity contribution in [3.05, 3.63) is 97.2 Å². The molecule has 1 amide bonds. The highest BCUT2D eigenvalue weighted by Crippen LogP contribution is 2.26. The smallest absolute Gasteiger partial charge is 0.306 e. The summed E-state index contributed by atoms with van der Waals surface area (Å²) < 4.78 is 17.7. The monoisotopic (exact) mass is 1280 g/mol. The van der Waals surface area contributed by atoms with E-state index in [1.54, 1.807) is 6.08 Å². The highest BCUT2D eigenvalue weighted by atomic mass is 16.7. The van der Waals surface area contributed by atoms with Crippen LogP contribution in [0.3, 0.4) is 0 Å². The van der Waals surface area contributed by atoms with E-state index in [2.05, 4.69) is 111 Å². The predicted octanol–water partition coefficient (Wildman–Crippen LogP) is 20.2. The molecule has 1 saturated heterocycles. The van der Waals surface area contributed by atoms with Crippen LogP contribution in [-0.2, 0) is 23.8 Å². The quantitative estimate of drug-likeness (QED) is 0.0195. The number of ether oxygens (including phenoxy) is 3. The molecule has 91 heavy (non-hydrogen) atoms. The molecule has 8 atom stereocenters. The van der Waals surface area contributed by atoms with Gasteiger partial charge in [0, 0.05) is 6.42 Å². The molecule has 526 valence electrons. The average molecular weight is 1280 g/mol. The van der Waals surface area contributed by atoms with Gasteiger partial charge < -0.3 is 45.1 Å². The number of hydrogen-bond acceptors (Lipinski definition) is 10. The lowest BCUT2D eigenvalue weighted by Gasteiger charge is -2.41. The van der Waals surface area contributed by atoms with Gasteiger partial charge in [-0.25, -0.2) is 0 Å². The fourth-order valence-corrected chi connectivity index (χ4v) is 11.5. The van der Waals surface area contributed by atoms with Crippen LogP contribution in [0.2, 0.25) is 0 Å². The summed E-state index contributed by atoms with van der Waals surface area (Å²) in [7, 11) is 0. The van der Waals surface area contributed by atoms with E-state index in [0.717, 1.165) is 103 Å². The van der Waals surface area contributed by atoms with E-state index in [1.807, 2.05) is 6.08 Å². The Bertz CT molecular complexity index is 1860. The summed E-state index contributed by atoms with van der Waals surface area (Å²) in [4.78, 5) is 26.7. The minimum absolute atomic E-state index is 0.0904. The largest absolute Gasteiger partial charge is 0.454 e. The van der Waals surface area contributed by atoms with Crippen LogP contribution in [0.5, 0.6) is 0 Å². The molecule has 1 aliphatic rings. The molecule has 0 aromatic rings. The lowest BCUT2D eigenvalue weighted by Crippen LogP contribution is -2.61. The van der Waals surface area contributed by atoms with E-state index >= 15 is 0 Å². The molecule has 1 rings (SSSR count). The minimum atomic E-state index is -1.63. The van der Waals surface area contributed by atoms with Gasteiger partial charge in [-0.1, -0.05) is 323 Å². The Morgan fingerprint density at radius 3 is 1.20 bits per heavy atom. The van der Waals surface area contributed by atoms with Crippen molar-refractivity contribution in [3.63, 3.8) is 0 Å². The van der Waals surface area contributed by atoms with Crippen LogP contribution < -0.4 is 5.32 Å². The number of carbonyl (C=O) groups is 2. The summed E-state index contributed by atoms with van der Waals surface area (Å²) in [5, 5.41) is 57.4. The number of nitrogens with one attached hydrogen (secondary N) is 1. The number of rotatable bonds is 65. The van der Waals surface area contributed by atoms with Crippen LogP contribution in [-0.4, -0.2) is 99.6 Å². The zero-order chi connectivity index (χ0) is 66.0. The lowest BCUT2D eigenvalue weighted by atomic mass is 9.99. The second-order valence-electron chi connectivity index (χ2n) is 26.0. The maximum atomic E-state index is 13.5. The molecule has 1 fully saturated rings. The molecular formula is C80H141NO10. The average Bonchev–Trinajstić information content (AvgIpc) is 1.01. The van der Waals surface area contributed by atoms with Gasteiger partial charge in [0.2, 0.25) is 5.91 Å². The molecule has 0 bridgehead atoms. The van der Waals surface area contributed by atoms with Crippen molar-refractivity contribution >= 4 is 11.9 Å². The van der Waals surface area contributed by atoms with Gasteiger partial charge in [-0.2, -0.15) is 0 Å². The van der Waals surface area contributed by atoms with Crippen LogP contribution in [0.15, 0.2) is 97.2 Å². The number of amides is 1. The van der Waals surface area contributed by atoms with Crippen LogP contribution in [0.1, 0.15) is 335 Å². The van der Waals surface area contributed by atoms with Gasteiger partial charge in [0.25, 0.3) is 0 Å². The number of aliphatic hydroxyl groups excluding tert-OH is 5. The second kappa shape index (κ2) is 66.6. The summed E-state index contributed by atoms with van der Waals surface area (Å²) in [6.45, 7) is 5.70. The zero-order valence-electron chi connectivity index (χ0n) is 58.7. The normalized spacial score (nSPS) is 18.5. The highest BCUT2D eigenvalue weighted by Gasteiger charge is 2.47. The molecule has 11 heteroatoms. The SMILES string of the molecule is CC/C=C\C/C=C\C/C=C\C/C=C\C/C=C\C/C=C\CCCCCCC(=O)OC1C(OCC(NC(=O)C(O)CCCCCCCCCCCCCCCCCC/C=C/CCCCCCCC)C(O)/C=C/CCCCCCCCCCCCC)OC(CO)C(O)C1O. The number of unbranched alkanes of at least 4 members (excludes halogenated alkanes) is 37. The van der Waals surface area contributed by atoms with Gasteiger partial charge in [0.15, 0.2) is 12.4 Å². The van der Waals surface area contributed by atoms with Crippen molar-refractivity contribution in [2.24, 2.45) is 0 Å². The summed E-state index contributed by atoms with van der Waals surface area (Å²) >= 11 is 0. The van der Waals surface area contributed by atoms with Crippen molar-refractivity contribution in [2.45, 2.75) is 384 Å². The number of aliphatic hydroxyl groups is 5. The fraction of sp³-hybridized carbons (Fsp3) is 0.775. The Kier molecular flexibility index (Phi) is 62.6. The zero-order valence-corrected chi connectivity index (χ0v) is 58.7. The lowest BCUT2D eigenvalue weighted by molar-refractivity contribution is -0.305. The maximum Gasteiger partial charge on any atom is 0.306 e. The predicted molar refractivity (Wildman–Crippen MR) is 384 cm³/mol. The number of carbonyl (C=O) groups excluding carboxylic acids is 2. The fourth-order valence-electron chi connectivity index (χ4n) is 11.5. The Morgan fingerprint density at radius 1 is 0.440 bits per heavy atom. The van der Waals surface area contributed by atoms with Gasteiger partial charge in [-0.05, 0) is 103 Å². The van der Waals surface area contributed by atoms with Crippen LogP contribution >= 0.6 is 0 Å². The number of esters is 1. The highest BCUT2D eigenvalue weighted by molar-refractivity contribution is 5.80. The minimum Gasteiger partial charge on any atom is -0.454 e. The van der Waals surface area contributed by atoms with Crippen molar-refractivity contribution in [1.29, 1.82) is 0 Å². The molecule has 8 unspecified atom stereocenters. The first kappa shape index (κ1) is 85.6. The third-order valence-electron chi connectivity index (χ3n) is 17.5. The van der Waals surface area contributed by atoms with E-state index in [1.165, 1.54) is 186 Å². The Labute approximate surface area is 558 Å². The molecule has 0 saturated carbocycles. The standard InChI is InChI=1S/C80H141NO10/c1-4-7-10-13-16-19-22-25-27-29-31-33-35-36-37-39-40-42-44-46-49-52-55-58-61-64-67-73(84)79(88)81-71(72(83)66-63-60-57-54-51-48-24-21-18-15-12-9-6-3)70-89-80-78(77(87)76(86)74(69-82)90-80)91-75(85)68-65-62-59-56-53-50-47-45-43-41-38-34-32-30-28-26-23-20-17-14-11-8-5-2/h8,11,17,20,25-28,32,34,41,43,47,50,63,66,71-74,76-78,80,82-84,86-87H,4-7,9-10,12-16,18-19,21-24,29-31,33,35-40,42,44-46,48-49,51-62,64-65,67-70H2,1-3H3,(H,81,88)/b11-8-,20-17-,27-25+,28-26-,34-32-,43-41-,50-47-,66-63+. The topological polar surface area (TPSA) is 175 Å². The van der Waals surface area contributed by atoms with Gasteiger partial charge in [-0.3, -0.25) is 9.59 Å². The summed E-state index contributed by atoms with van der Waals surface area (Å²) in [5.41, 5.74) is 0. The first-order valence-corrected chi connectivity index (χ1v) is 38.0.